The molecule has 0 saturated carbocycles. The van der Waals surface area contributed by atoms with Crippen LogP contribution in [0.2, 0.25) is 0 Å². The molecule has 1 aliphatic rings. The highest BCUT2D eigenvalue weighted by molar-refractivity contribution is 5.43. The number of hydrogen-bond donors (Lipinski definition) is 1. The molecule has 176 valence electrons. The van der Waals surface area contributed by atoms with Gasteiger partial charge in [0.15, 0.2) is 11.5 Å². The van der Waals surface area contributed by atoms with E-state index in [1.807, 2.05) is 24.3 Å². The molecular weight excluding hydrogens is 408 g/mol. The van der Waals surface area contributed by atoms with Crippen molar-refractivity contribution < 1.29 is 24.1 Å². The van der Waals surface area contributed by atoms with Gasteiger partial charge < -0.3 is 24.1 Å². The van der Waals surface area contributed by atoms with Gasteiger partial charge in [-0.2, -0.15) is 0 Å². The van der Waals surface area contributed by atoms with Gasteiger partial charge in [0.2, 0.25) is 0 Å². The van der Waals surface area contributed by atoms with Crippen molar-refractivity contribution in [1.29, 1.82) is 0 Å². The van der Waals surface area contributed by atoms with Gasteiger partial charge in [-0.25, -0.2) is 0 Å². The summed E-state index contributed by atoms with van der Waals surface area (Å²) in [7, 11) is 7.02. The topological polar surface area (TPSA) is 63.6 Å². The number of rotatable bonds is 12. The van der Waals surface area contributed by atoms with E-state index in [4.69, 9.17) is 18.9 Å². The lowest BCUT2D eigenvalue weighted by molar-refractivity contribution is 0.0162. The molecule has 1 saturated heterocycles. The van der Waals surface area contributed by atoms with Gasteiger partial charge in [-0.1, -0.05) is 18.2 Å². The standard InChI is InChI=1S/C25H36N2O5/c1-26(16-20-5-8-22(30-3)9-6-20)18-25(28)11-12-27(19-25)17-21-7-10-23(31-4)24(15-21)32-14-13-29-2/h5-10,15,28H,11-14,16-19H2,1-4H3. The lowest BCUT2D eigenvalue weighted by Crippen LogP contribution is -2.43. The fraction of sp³-hybridized carbons (Fsp3) is 0.520. The van der Waals surface area contributed by atoms with Crippen molar-refractivity contribution in [3.63, 3.8) is 0 Å². The number of β-amino-alcohol motifs (C(OH)–C–C–N with tert-alkyl or cyclic N) is 1. The van der Waals surface area contributed by atoms with Gasteiger partial charge in [0.25, 0.3) is 0 Å². The predicted octanol–water partition coefficient (Wildman–Crippen LogP) is 2.80. The summed E-state index contributed by atoms with van der Waals surface area (Å²) in [5, 5.41) is 11.2. The Kier molecular flexibility index (Phi) is 8.75. The lowest BCUT2D eigenvalue weighted by Gasteiger charge is -2.29. The average Bonchev–Trinajstić information content (AvgIpc) is 3.14. The number of aliphatic hydroxyl groups is 1. The molecule has 0 spiro atoms. The van der Waals surface area contributed by atoms with Gasteiger partial charge in [-0.05, 0) is 48.9 Å². The molecule has 0 amide bonds. The van der Waals surface area contributed by atoms with E-state index >= 15 is 0 Å². The third-order valence-electron chi connectivity index (χ3n) is 5.77. The van der Waals surface area contributed by atoms with E-state index in [-0.39, 0.29) is 0 Å². The van der Waals surface area contributed by atoms with Gasteiger partial charge in [0.1, 0.15) is 12.4 Å². The smallest absolute Gasteiger partial charge is 0.161 e. The van der Waals surface area contributed by atoms with Crippen molar-refractivity contribution in [2.24, 2.45) is 0 Å². The van der Waals surface area contributed by atoms with Crippen molar-refractivity contribution in [2.45, 2.75) is 25.1 Å². The second-order valence-corrected chi connectivity index (χ2v) is 8.53. The maximum absolute atomic E-state index is 11.2. The van der Waals surface area contributed by atoms with Crippen LogP contribution in [-0.4, -0.2) is 81.7 Å². The van der Waals surface area contributed by atoms with E-state index in [0.29, 0.717) is 32.1 Å². The Balaban J connectivity index is 1.54. The Morgan fingerprint density at radius 1 is 0.969 bits per heavy atom. The zero-order valence-corrected chi connectivity index (χ0v) is 19.7. The molecule has 1 N–H and O–H groups in total. The number of likely N-dealkylation sites (N-methyl/N-ethyl adjacent to an activating group) is 1. The molecule has 1 unspecified atom stereocenters. The quantitative estimate of drug-likeness (QED) is 0.505. The van der Waals surface area contributed by atoms with Crippen LogP contribution in [0.25, 0.3) is 0 Å². The molecule has 3 rings (SSSR count). The lowest BCUT2D eigenvalue weighted by atomic mass is 10.0. The van der Waals surface area contributed by atoms with E-state index in [9.17, 15) is 5.11 Å². The first-order chi connectivity index (χ1) is 15.4. The third kappa shape index (κ3) is 6.84. The second kappa shape index (κ2) is 11.5. The number of nitrogens with zero attached hydrogens (tertiary/aromatic N) is 2. The summed E-state index contributed by atoms with van der Waals surface area (Å²) >= 11 is 0. The number of benzene rings is 2. The van der Waals surface area contributed by atoms with Crippen LogP contribution in [0.3, 0.4) is 0 Å². The summed E-state index contributed by atoms with van der Waals surface area (Å²) in [6.45, 7) is 4.67. The summed E-state index contributed by atoms with van der Waals surface area (Å²) in [6.07, 6.45) is 0.757. The maximum atomic E-state index is 11.2. The van der Waals surface area contributed by atoms with Crippen molar-refractivity contribution in [3.8, 4) is 17.2 Å². The van der Waals surface area contributed by atoms with Crippen molar-refractivity contribution in [2.75, 3.05) is 61.2 Å². The van der Waals surface area contributed by atoms with Crippen LogP contribution in [-0.2, 0) is 17.8 Å². The average molecular weight is 445 g/mol. The van der Waals surface area contributed by atoms with Crippen LogP contribution in [0.5, 0.6) is 17.2 Å². The molecule has 32 heavy (non-hydrogen) atoms. The third-order valence-corrected chi connectivity index (χ3v) is 5.77. The summed E-state index contributed by atoms with van der Waals surface area (Å²) in [4.78, 5) is 4.47. The molecule has 0 bridgehead atoms. The van der Waals surface area contributed by atoms with Crippen molar-refractivity contribution in [1.82, 2.24) is 9.80 Å². The molecule has 0 aromatic heterocycles. The molecule has 1 aliphatic heterocycles. The minimum atomic E-state index is -0.717. The molecular formula is C25H36N2O5. The largest absolute Gasteiger partial charge is 0.497 e. The molecule has 7 heteroatoms. The normalized spacial score (nSPS) is 18.8. The Morgan fingerprint density at radius 3 is 2.41 bits per heavy atom. The first-order valence-corrected chi connectivity index (χ1v) is 11.0. The monoisotopic (exact) mass is 444 g/mol. The number of likely N-dealkylation sites (tertiary alicyclic amines) is 1. The highest BCUT2D eigenvalue weighted by Gasteiger charge is 2.36. The van der Waals surface area contributed by atoms with Crippen molar-refractivity contribution in [3.05, 3.63) is 53.6 Å². The van der Waals surface area contributed by atoms with Crippen LogP contribution >= 0.6 is 0 Å². The molecule has 0 aliphatic carbocycles. The first-order valence-electron chi connectivity index (χ1n) is 11.0. The zero-order valence-electron chi connectivity index (χ0n) is 19.7. The minimum absolute atomic E-state index is 0.473. The Bertz CT molecular complexity index is 845. The maximum Gasteiger partial charge on any atom is 0.161 e. The van der Waals surface area contributed by atoms with Crippen LogP contribution in [0.1, 0.15) is 17.5 Å². The fourth-order valence-corrected chi connectivity index (χ4v) is 4.23. The Labute approximate surface area is 191 Å². The van der Waals surface area contributed by atoms with Crippen LogP contribution < -0.4 is 14.2 Å². The van der Waals surface area contributed by atoms with Gasteiger partial charge in [-0.3, -0.25) is 9.80 Å². The molecule has 1 heterocycles. The SMILES string of the molecule is COCCOc1cc(CN2CCC(O)(CN(C)Cc3ccc(OC)cc3)C2)ccc1OC. The van der Waals surface area contributed by atoms with E-state index in [0.717, 1.165) is 43.1 Å². The Morgan fingerprint density at radius 2 is 1.72 bits per heavy atom. The molecule has 7 nitrogen and oxygen atoms in total. The zero-order chi connectivity index (χ0) is 23.0. The highest BCUT2D eigenvalue weighted by atomic mass is 16.5. The molecule has 1 atom stereocenters. The highest BCUT2D eigenvalue weighted by Crippen LogP contribution is 2.30. The van der Waals surface area contributed by atoms with Gasteiger partial charge in [-0.15, -0.1) is 0 Å². The number of ether oxygens (including phenoxy) is 4. The molecule has 1 fully saturated rings. The van der Waals surface area contributed by atoms with Gasteiger partial charge in [0, 0.05) is 39.8 Å². The van der Waals surface area contributed by atoms with E-state index in [1.165, 1.54) is 5.56 Å². The predicted molar refractivity (Wildman–Crippen MR) is 125 cm³/mol. The van der Waals surface area contributed by atoms with Gasteiger partial charge >= 0.3 is 0 Å². The number of hydrogen-bond acceptors (Lipinski definition) is 7. The van der Waals surface area contributed by atoms with Crippen LogP contribution in [0.4, 0.5) is 0 Å². The summed E-state index contributed by atoms with van der Waals surface area (Å²) < 4.78 is 21.5. The summed E-state index contributed by atoms with van der Waals surface area (Å²) in [5.41, 5.74) is 1.62. The van der Waals surface area contributed by atoms with Gasteiger partial charge in [0.05, 0.1) is 26.4 Å². The summed E-state index contributed by atoms with van der Waals surface area (Å²) in [5.74, 6) is 2.28. The number of methoxy groups -OCH3 is 3. The Hall–Kier alpha value is -2.32. The fourth-order valence-electron chi connectivity index (χ4n) is 4.23. The van der Waals surface area contributed by atoms with Crippen LogP contribution in [0.15, 0.2) is 42.5 Å². The molecule has 0 radical (unpaired) electrons. The molecule has 2 aromatic carbocycles. The second-order valence-electron chi connectivity index (χ2n) is 8.53. The first kappa shape index (κ1) is 24.3. The van der Waals surface area contributed by atoms with E-state index in [1.54, 1.807) is 21.3 Å². The summed E-state index contributed by atoms with van der Waals surface area (Å²) in [6, 6.07) is 14.1. The molecule has 2 aromatic rings. The van der Waals surface area contributed by atoms with Crippen LogP contribution in [0, 0.1) is 0 Å². The van der Waals surface area contributed by atoms with Crippen molar-refractivity contribution >= 4 is 0 Å². The van der Waals surface area contributed by atoms with E-state index in [2.05, 4.69) is 35.0 Å². The minimum Gasteiger partial charge on any atom is -0.497 e. The van der Waals surface area contributed by atoms with E-state index < -0.39 is 5.60 Å².